The number of nitrogens with zero attached hydrogens (tertiary/aromatic N) is 1. The Morgan fingerprint density at radius 2 is 1.92 bits per heavy atom. The molecule has 6 heteroatoms. The van der Waals surface area contributed by atoms with Crippen molar-refractivity contribution in [2.45, 2.75) is 12.3 Å². The molecule has 13 heavy (non-hydrogen) atoms. The standard InChI is InChI=1S/C7H4ClF4N/c8-5-2-1-4(3-13-5)7(11,12)6(9)10/h1-3,6H. The summed E-state index contributed by atoms with van der Waals surface area (Å²) in [6, 6.07) is 1.86. The predicted octanol–water partition coefficient (Wildman–Crippen LogP) is 3.09. The number of rotatable bonds is 2. The van der Waals surface area contributed by atoms with Crippen LogP contribution >= 0.6 is 11.6 Å². The molecule has 0 atom stereocenters. The van der Waals surface area contributed by atoms with Gasteiger partial charge >= 0.3 is 12.3 Å². The number of alkyl halides is 4. The van der Waals surface area contributed by atoms with Gasteiger partial charge in [0, 0.05) is 11.8 Å². The van der Waals surface area contributed by atoms with Crippen LogP contribution in [0.3, 0.4) is 0 Å². The van der Waals surface area contributed by atoms with E-state index >= 15 is 0 Å². The van der Waals surface area contributed by atoms with E-state index in [1.807, 2.05) is 0 Å². The lowest BCUT2D eigenvalue weighted by molar-refractivity contribution is -0.135. The van der Waals surface area contributed by atoms with Gasteiger partial charge in [-0.05, 0) is 12.1 Å². The summed E-state index contributed by atoms with van der Waals surface area (Å²) in [5.74, 6) is -4.17. The molecule has 0 aliphatic heterocycles. The second kappa shape index (κ2) is 3.49. The Labute approximate surface area is 76.3 Å². The minimum Gasteiger partial charge on any atom is -0.244 e. The van der Waals surface area contributed by atoms with Crippen LogP contribution in [0, 0.1) is 0 Å². The van der Waals surface area contributed by atoms with E-state index in [4.69, 9.17) is 11.6 Å². The molecule has 1 heterocycles. The Morgan fingerprint density at radius 3 is 2.31 bits per heavy atom. The zero-order chi connectivity index (χ0) is 10.1. The summed E-state index contributed by atoms with van der Waals surface area (Å²) in [5.41, 5.74) is -0.841. The van der Waals surface area contributed by atoms with Crippen LogP contribution in [0.25, 0.3) is 0 Å². The number of pyridine rings is 1. The summed E-state index contributed by atoms with van der Waals surface area (Å²) in [5, 5.41) is -0.0196. The largest absolute Gasteiger partial charge is 0.334 e. The molecule has 0 bridgehead atoms. The summed E-state index contributed by atoms with van der Waals surface area (Å²) >= 11 is 5.30. The zero-order valence-corrected chi connectivity index (χ0v) is 6.90. The maximum absolute atomic E-state index is 12.6. The molecule has 0 saturated carbocycles. The lowest BCUT2D eigenvalue weighted by atomic mass is 10.1. The molecule has 0 saturated heterocycles. The van der Waals surface area contributed by atoms with Crippen molar-refractivity contribution in [1.82, 2.24) is 4.98 Å². The van der Waals surface area contributed by atoms with Gasteiger partial charge in [0.25, 0.3) is 0 Å². The van der Waals surface area contributed by atoms with Crippen LogP contribution in [0.2, 0.25) is 5.15 Å². The van der Waals surface area contributed by atoms with Gasteiger partial charge in [-0.25, -0.2) is 13.8 Å². The van der Waals surface area contributed by atoms with Crippen LogP contribution in [0.15, 0.2) is 18.3 Å². The van der Waals surface area contributed by atoms with Gasteiger partial charge in [0.1, 0.15) is 5.15 Å². The number of halogens is 5. The molecule has 1 aromatic rings. The third kappa shape index (κ3) is 2.09. The minimum absolute atomic E-state index is 0.0196. The van der Waals surface area contributed by atoms with E-state index in [1.54, 1.807) is 0 Å². The third-order valence-corrected chi connectivity index (χ3v) is 1.61. The monoisotopic (exact) mass is 213 g/mol. The molecule has 0 amide bonds. The Bertz CT molecular complexity index is 285. The van der Waals surface area contributed by atoms with Gasteiger partial charge < -0.3 is 0 Å². The zero-order valence-electron chi connectivity index (χ0n) is 6.15. The van der Waals surface area contributed by atoms with E-state index in [2.05, 4.69) is 4.98 Å². The first kappa shape index (κ1) is 10.2. The van der Waals surface area contributed by atoms with Gasteiger partial charge in [0.15, 0.2) is 0 Å². The molecule has 0 aliphatic carbocycles. The first-order valence-electron chi connectivity index (χ1n) is 3.22. The molecule has 0 fully saturated rings. The average Bonchev–Trinajstić information content (AvgIpc) is 2.04. The van der Waals surface area contributed by atoms with Crippen LogP contribution in [-0.4, -0.2) is 11.4 Å². The Kier molecular flexibility index (Phi) is 2.75. The van der Waals surface area contributed by atoms with Crippen LogP contribution < -0.4 is 0 Å². The maximum atomic E-state index is 12.6. The van der Waals surface area contributed by atoms with Crippen molar-refractivity contribution < 1.29 is 17.6 Å². The molecule has 1 rings (SSSR count). The fourth-order valence-electron chi connectivity index (χ4n) is 0.699. The van der Waals surface area contributed by atoms with Crippen LogP contribution in [0.4, 0.5) is 17.6 Å². The van der Waals surface area contributed by atoms with Gasteiger partial charge in [0.05, 0.1) is 0 Å². The lowest BCUT2D eigenvalue weighted by Crippen LogP contribution is -2.23. The molecule has 0 radical (unpaired) electrons. The van der Waals surface area contributed by atoms with Crippen molar-refractivity contribution in [3.05, 3.63) is 29.0 Å². The molecule has 0 unspecified atom stereocenters. The van der Waals surface area contributed by atoms with Crippen molar-refractivity contribution in [3.63, 3.8) is 0 Å². The molecule has 1 nitrogen and oxygen atoms in total. The average molecular weight is 214 g/mol. The summed E-state index contributed by atoms with van der Waals surface area (Å²) in [4.78, 5) is 3.28. The first-order valence-corrected chi connectivity index (χ1v) is 3.60. The van der Waals surface area contributed by atoms with E-state index in [-0.39, 0.29) is 5.15 Å². The predicted molar refractivity (Wildman–Crippen MR) is 39.1 cm³/mol. The lowest BCUT2D eigenvalue weighted by Gasteiger charge is -2.14. The highest BCUT2D eigenvalue weighted by Gasteiger charge is 2.42. The first-order chi connectivity index (χ1) is 5.94. The summed E-state index contributed by atoms with van der Waals surface area (Å²) < 4.78 is 48.7. The van der Waals surface area contributed by atoms with Crippen LogP contribution in [0.5, 0.6) is 0 Å². The van der Waals surface area contributed by atoms with E-state index in [1.165, 1.54) is 0 Å². The molecule has 72 valence electrons. The molecule has 0 N–H and O–H groups in total. The highest BCUT2D eigenvalue weighted by atomic mass is 35.5. The Morgan fingerprint density at radius 1 is 1.31 bits per heavy atom. The maximum Gasteiger partial charge on any atom is 0.334 e. The molecular formula is C7H4ClF4N. The van der Waals surface area contributed by atoms with Crippen LogP contribution in [0.1, 0.15) is 5.56 Å². The van der Waals surface area contributed by atoms with Gasteiger partial charge in [-0.1, -0.05) is 11.6 Å². The number of hydrogen-bond donors (Lipinski definition) is 0. The highest BCUT2D eigenvalue weighted by molar-refractivity contribution is 6.29. The third-order valence-electron chi connectivity index (χ3n) is 1.39. The Balaban J connectivity index is 3.01. The number of hydrogen-bond acceptors (Lipinski definition) is 1. The van der Waals surface area contributed by atoms with E-state index < -0.39 is 17.9 Å². The summed E-state index contributed by atoms with van der Waals surface area (Å²) in [6.07, 6.45) is -3.11. The van der Waals surface area contributed by atoms with Crippen molar-refractivity contribution in [2.24, 2.45) is 0 Å². The summed E-state index contributed by atoms with van der Waals surface area (Å²) in [6.45, 7) is 0. The van der Waals surface area contributed by atoms with Crippen molar-refractivity contribution in [1.29, 1.82) is 0 Å². The second-order valence-corrected chi connectivity index (χ2v) is 2.68. The summed E-state index contributed by atoms with van der Waals surface area (Å²) in [7, 11) is 0. The molecule has 0 aliphatic rings. The second-order valence-electron chi connectivity index (χ2n) is 2.29. The van der Waals surface area contributed by atoms with Crippen molar-refractivity contribution >= 4 is 11.6 Å². The van der Waals surface area contributed by atoms with Crippen molar-refractivity contribution in [3.8, 4) is 0 Å². The number of aromatic nitrogens is 1. The normalized spacial score (nSPS) is 12.2. The van der Waals surface area contributed by atoms with Crippen LogP contribution in [-0.2, 0) is 5.92 Å². The highest BCUT2D eigenvalue weighted by Crippen LogP contribution is 2.34. The van der Waals surface area contributed by atoms with Crippen molar-refractivity contribution in [2.75, 3.05) is 0 Å². The van der Waals surface area contributed by atoms with Gasteiger partial charge in [-0.15, -0.1) is 0 Å². The fourth-order valence-corrected chi connectivity index (χ4v) is 0.811. The molecule has 1 aromatic heterocycles. The van der Waals surface area contributed by atoms with E-state index in [0.717, 1.165) is 12.1 Å². The van der Waals surface area contributed by atoms with E-state index in [0.29, 0.717) is 6.20 Å². The van der Waals surface area contributed by atoms with Gasteiger partial charge in [0.2, 0.25) is 0 Å². The SMILES string of the molecule is FC(F)C(F)(F)c1ccc(Cl)nc1. The smallest absolute Gasteiger partial charge is 0.244 e. The molecule has 0 aromatic carbocycles. The quantitative estimate of drug-likeness (QED) is 0.543. The Hall–Kier alpha value is -0.840. The van der Waals surface area contributed by atoms with E-state index in [9.17, 15) is 17.6 Å². The fraction of sp³-hybridized carbons (Fsp3) is 0.286. The van der Waals surface area contributed by atoms with Gasteiger partial charge in [-0.2, -0.15) is 8.78 Å². The minimum atomic E-state index is -4.17. The van der Waals surface area contributed by atoms with Gasteiger partial charge in [-0.3, -0.25) is 0 Å². The topological polar surface area (TPSA) is 12.9 Å². The molecule has 0 spiro atoms. The molecular weight excluding hydrogens is 210 g/mol.